The molecule has 2 aliphatic heterocycles. The second kappa shape index (κ2) is 9.33. The Hall–Kier alpha value is -2.00. The fourth-order valence-corrected chi connectivity index (χ4v) is 7.92. The average molecular weight is 489 g/mol. The summed E-state index contributed by atoms with van der Waals surface area (Å²) in [6.45, 7) is 6.88. The van der Waals surface area contributed by atoms with Crippen LogP contribution in [0.5, 0.6) is 0 Å². The van der Waals surface area contributed by atoms with Gasteiger partial charge < -0.3 is 0 Å². The maximum atomic E-state index is 13.6. The molecule has 0 radical (unpaired) electrons. The van der Waals surface area contributed by atoms with E-state index in [1.165, 1.54) is 4.31 Å². The lowest BCUT2D eigenvalue weighted by Crippen LogP contribution is -2.42. The summed E-state index contributed by atoms with van der Waals surface area (Å²) < 4.78 is 56.8. The van der Waals surface area contributed by atoms with Crippen molar-refractivity contribution in [1.82, 2.24) is 8.61 Å². The van der Waals surface area contributed by atoms with Gasteiger partial charge in [0, 0.05) is 25.7 Å². The smallest absolute Gasteiger partial charge is 0.207 e. The van der Waals surface area contributed by atoms with Crippen molar-refractivity contribution in [2.45, 2.75) is 49.4 Å². The van der Waals surface area contributed by atoms with Gasteiger partial charge in [-0.3, -0.25) is 0 Å². The maximum absolute atomic E-state index is 13.6. The number of aryl methyl sites for hydroxylation is 2. The number of rotatable bonds is 6. The van der Waals surface area contributed by atoms with Gasteiger partial charge in [0.2, 0.25) is 20.0 Å². The van der Waals surface area contributed by atoms with E-state index >= 15 is 0 Å². The molecule has 4 rings (SSSR count). The summed E-state index contributed by atoms with van der Waals surface area (Å²) in [4.78, 5) is 0.560. The number of fused-ring (bicyclic) bond motifs is 1. The molecule has 8 heteroatoms. The van der Waals surface area contributed by atoms with Gasteiger partial charge >= 0.3 is 0 Å². The minimum atomic E-state index is -3.71. The monoisotopic (exact) mass is 488 g/mol. The Morgan fingerprint density at radius 2 is 1.30 bits per heavy atom. The molecule has 2 aromatic rings. The highest BCUT2D eigenvalue weighted by Gasteiger charge is 2.43. The summed E-state index contributed by atoms with van der Waals surface area (Å²) in [6, 6.07) is 13.6. The van der Waals surface area contributed by atoms with E-state index in [4.69, 9.17) is 0 Å². The molecule has 2 aromatic carbocycles. The first kappa shape index (κ1) is 24.1. The topological polar surface area (TPSA) is 74.8 Å². The third-order valence-electron chi connectivity index (χ3n) is 6.69. The van der Waals surface area contributed by atoms with Gasteiger partial charge in [0.1, 0.15) is 0 Å². The van der Waals surface area contributed by atoms with Crippen LogP contribution in [-0.4, -0.2) is 51.1 Å². The number of sulfonamides is 2. The second-order valence-electron chi connectivity index (χ2n) is 9.19. The Morgan fingerprint density at radius 1 is 0.758 bits per heavy atom. The minimum Gasteiger partial charge on any atom is -0.207 e. The summed E-state index contributed by atoms with van der Waals surface area (Å²) in [7, 11) is -7.34. The highest BCUT2D eigenvalue weighted by atomic mass is 32.2. The van der Waals surface area contributed by atoms with E-state index in [9.17, 15) is 16.8 Å². The molecule has 0 bridgehead atoms. The molecule has 1 saturated heterocycles. The average Bonchev–Trinajstić information content (AvgIpc) is 3.11. The van der Waals surface area contributed by atoms with Crippen molar-refractivity contribution in [3.63, 3.8) is 0 Å². The molecule has 1 fully saturated rings. The van der Waals surface area contributed by atoms with E-state index in [0.717, 1.165) is 24.0 Å². The van der Waals surface area contributed by atoms with Crippen LogP contribution < -0.4 is 0 Å². The van der Waals surface area contributed by atoms with Crippen molar-refractivity contribution in [3.8, 4) is 0 Å². The zero-order chi connectivity index (χ0) is 23.8. The van der Waals surface area contributed by atoms with Crippen molar-refractivity contribution in [2.75, 3.05) is 19.6 Å². The third-order valence-corrected chi connectivity index (χ3v) is 10.4. The number of hydrogen-bond acceptors (Lipinski definition) is 4. The lowest BCUT2D eigenvalue weighted by molar-refractivity contribution is 0.296. The third kappa shape index (κ3) is 4.80. The molecule has 6 nitrogen and oxygen atoms in total. The van der Waals surface area contributed by atoms with Crippen LogP contribution in [0.25, 0.3) is 0 Å². The van der Waals surface area contributed by atoms with Gasteiger partial charge in [0.15, 0.2) is 0 Å². The van der Waals surface area contributed by atoms with E-state index in [1.807, 2.05) is 45.1 Å². The highest BCUT2D eigenvalue weighted by Crippen LogP contribution is 2.35. The van der Waals surface area contributed by atoms with Crippen molar-refractivity contribution in [3.05, 3.63) is 71.8 Å². The van der Waals surface area contributed by atoms with Gasteiger partial charge in [-0.25, -0.2) is 16.8 Å². The van der Waals surface area contributed by atoms with Crippen LogP contribution in [0.1, 0.15) is 30.9 Å². The molecule has 0 N–H and O–H groups in total. The van der Waals surface area contributed by atoms with Crippen molar-refractivity contribution >= 4 is 20.0 Å². The summed E-state index contributed by atoms with van der Waals surface area (Å²) in [6.07, 6.45) is 5.60. The molecule has 33 heavy (non-hydrogen) atoms. The fourth-order valence-electron chi connectivity index (χ4n) is 4.71. The van der Waals surface area contributed by atoms with Gasteiger partial charge in [-0.1, -0.05) is 60.9 Å². The largest absolute Gasteiger partial charge is 0.243 e. The van der Waals surface area contributed by atoms with E-state index in [0.29, 0.717) is 19.6 Å². The molecule has 2 heterocycles. The predicted octanol–water partition coefficient (Wildman–Crippen LogP) is 3.97. The predicted molar refractivity (Wildman–Crippen MR) is 130 cm³/mol. The Balaban J connectivity index is 1.63. The molecule has 3 atom stereocenters. The first-order chi connectivity index (χ1) is 15.6. The van der Waals surface area contributed by atoms with Crippen LogP contribution in [0.3, 0.4) is 0 Å². The van der Waals surface area contributed by atoms with E-state index < -0.39 is 20.0 Å². The zero-order valence-corrected chi connectivity index (χ0v) is 21.0. The van der Waals surface area contributed by atoms with Crippen molar-refractivity contribution in [2.24, 2.45) is 11.8 Å². The van der Waals surface area contributed by atoms with Crippen LogP contribution in [0.15, 0.2) is 70.5 Å². The van der Waals surface area contributed by atoms with Gasteiger partial charge in [0.05, 0.1) is 9.79 Å². The molecule has 0 aliphatic carbocycles. The zero-order valence-electron chi connectivity index (χ0n) is 19.4. The van der Waals surface area contributed by atoms with Crippen molar-refractivity contribution < 1.29 is 16.8 Å². The van der Waals surface area contributed by atoms with Crippen LogP contribution in [-0.2, 0) is 20.0 Å². The van der Waals surface area contributed by atoms with Gasteiger partial charge in [-0.15, -0.1) is 0 Å². The lowest BCUT2D eigenvalue weighted by atomic mass is 9.97. The standard InChI is InChI=1S/C25H32N2O4S2/c1-4-5-23-11-10-21-16-26(32(28,29)24-12-6-19(2)7-13-24)17-22(21)18-27(23)33(30,31)25-14-8-20(3)9-15-25/h6-15,21-23H,4-5,16-18H2,1-3H3. The molecule has 0 saturated carbocycles. The molecule has 0 amide bonds. The Bertz CT molecular complexity index is 1220. The molecule has 2 aliphatic rings. The van der Waals surface area contributed by atoms with Crippen LogP contribution in [0.4, 0.5) is 0 Å². The number of hydrogen-bond donors (Lipinski definition) is 0. The summed E-state index contributed by atoms with van der Waals surface area (Å²) in [5.41, 5.74) is 2.00. The van der Waals surface area contributed by atoms with E-state index in [2.05, 4.69) is 0 Å². The summed E-state index contributed by atoms with van der Waals surface area (Å²) >= 11 is 0. The summed E-state index contributed by atoms with van der Waals surface area (Å²) in [5.74, 6) is -0.105. The molecular weight excluding hydrogens is 456 g/mol. The Morgan fingerprint density at radius 3 is 1.85 bits per heavy atom. The van der Waals surface area contributed by atoms with Gasteiger partial charge in [0.25, 0.3) is 0 Å². The maximum Gasteiger partial charge on any atom is 0.243 e. The lowest BCUT2D eigenvalue weighted by Gasteiger charge is -2.30. The molecule has 0 spiro atoms. The molecular formula is C25H32N2O4S2. The van der Waals surface area contributed by atoms with Gasteiger partial charge in [-0.2, -0.15) is 8.61 Å². The van der Waals surface area contributed by atoms with Crippen LogP contribution in [0.2, 0.25) is 0 Å². The van der Waals surface area contributed by atoms with Crippen LogP contribution in [0, 0.1) is 25.7 Å². The first-order valence-corrected chi connectivity index (χ1v) is 14.3. The number of nitrogens with zero attached hydrogens (tertiary/aromatic N) is 2. The molecule has 3 unspecified atom stereocenters. The summed E-state index contributed by atoms with van der Waals surface area (Å²) in [5, 5.41) is 0. The highest BCUT2D eigenvalue weighted by molar-refractivity contribution is 7.89. The SMILES string of the molecule is CCCC1C=CC2CN(S(=O)(=O)c3ccc(C)cc3)CC2CN1S(=O)(=O)c1ccc(C)cc1. The molecule has 0 aromatic heterocycles. The van der Waals surface area contributed by atoms with E-state index in [1.54, 1.807) is 40.7 Å². The normalized spacial score (nSPS) is 24.5. The number of benzene rings is 2. The second-order valence-corrected chi connectivity index (χ2v) is 13.0. The van der Waals surface area contributed by atoms with E-state index in [-0.39, 0.29) is 27.7 Å². The minimum absolute atomic E-state index is 0.0113. The fraction of sp³-hybridized carbons (Fsp3) is 0.440. The molecule has 178 valence electrons. The van der Waals surface area contributed by atoms with Crippen molar-refractivity contribution in [1.29, 1.82) is 0 Å². The quantitative estimate of drug-likeness (QED) is 0.577. The first-order valence-electron chi connectivity index (χ1n) is 11.5. The van der Waals surface area contributed by atoms with Gasteiger partial charge in [-0.05, 0) is 56.4 Å². The van der Waals surface area contributed by atoms with Crippen LogP contribution >= 0.6 is 0 Å². The Labute approximate surface area is 198 Å². The Kier molecular flexibility index (Phi) is 6.82.